The van der Waals surface area contributed by atoms with Crippen molar-refractivity contribution in [3.05, 3.63) is 35.4 Å². The van der Waals surface area contributed by atoms with E-state index in [1.54, 1.807) is 12.1 Å². The van der Waals surface area contributed by atoms with Crippen molar-refractivity contribution < 1.29 is 13.2 Å². The Hall–Kier alpha value is -1.67. The van der Waals surface area contributed by atoms with Gasteiger partial charge in [-0.15, -0.1) is 0 Å². The first-order valence-electron chi connectivity index (χ1n) is 4.55. The van der Waals surface area contributed by atoms with Gasteiger partial charge in [-0.05, 0) is 6.92 Å². The van der Waals surface area contributed by atoms with E-state index >= 15 is 0 Å². The lowest BCUT2D eigenvalue weighted by Gasteiger charge is -2.05. The highest BCUT2D eigenvalue weighted by Crippen LogP contribution is 2.10. The van der Waals surface area contributed by atoms with E-state index in [0.29, 0.717) is 0 Å². The van der Waals surface area contributed by atoms with Crippen LogP contribution in [-0.4, -0.2) is 25.7 Å². The predicted molar refractivity (Wildman–Crippen MR) is 59.8 cm³/mol. The molecule has 84 valence electrons. The average molecular weight is 237 g/mol. The summed E-state index contributed by atoms with van der Waals surface area (Å²) < 4.78 is 22.4. The molecule has 1 aromatic rings. The number of nitrogens with zero attached hydrogens (tertiary/aromatic N) is 1. The topological polar surface area (TPSA) is 75.0 Å². The summed E-state index contributed by atoms with van der Waals surface area (Å²) in [5, 5.41) is 7.08. The highest BCUT2D eigenvalue weighted by atomic mass is 32.2. The molecule has 0 aromatic heterocycles. The Kier molecular flexibility index (Phi) is 3.45. The lowest BCUT2D eigenvalue weighted by molar-refractivity contribution is 0.100. The van der Waals surface area contributed by atoms with Gasteiger partial charge in [0.2, 0.25) is 5.25 Å². The van der Waals surface area contributed by atoms with E-state index in [1.807, 2.05) is 6.92 Å². The summed E-state index contributed by atoms with van der Waals surface area (Å²) in [5.74, 6) is -0.676. The molecule has 0 heterocycles. The predicted octanol–water partition coefficient (Wildman–Crippen LogP) is 1.11. The van der Waals surface area contributed by atoms with Crippen molar-refractivity contribution in [1.29, 1.82) is 5.26 Å². The zero-order valence-electron chi connectivity index (χ0n) is 8.97. The minimum absolute atomic E-state index is 0.238. The zero-order valence-corrected chi connectivity index (χ0v) is 9.78. The summed E-state index contributed by atoms with van der Waals surface area (Å²) in [6, 6.07) is 7.96. The van der Waals surface area contributed by atoms with Crippen LogP contribution >= 0.6 is 0 Å². The highest BCUT2D eigenvalue weighted by Gasteiger charge is 2.29. The Labute approximate surface area is 94.4 Å². The van der Waals surface area contributed by atoms with Crippen molar-refractivity contribution in [1.82, 2.24) is 0 Å². The number of hydrogen-bond donors (Lipinski definition) is 0. The summed E-state index contributed by atoms with van der Waals surface area (Å²) >= 11 is 0. The number of sulfone groups is 1. The number of aryl methyl sites for hydroxylation is 1. The summed E-state index contributed by atoms with van der Waals surface area (Å²) in [5.41, 5.74) is 1.20. The third-order valence-electron chi connectivity index (χ3n) is 2.12. The molecule has 0 aliphatic rings. The molecule has 4 nitrogen and oxygen atoms in total. The van der Waals surface area contributed by atoms with E-state index in [0.717, 1.165) is 11.8 Å². The molecule has 1 rings (SSSR count). The molecule has 1 aromatic carbocycles. The van der Waals surface area contributed by atoms with Crippen molar-refractivity contribution in [2.24, 2.45) is 0 Å². The van der Waals surface area contributed by atoms with Crippen LogP contribution in [0.15, 0.2) is 24.3 Å². The Morgan fingerprint density at radius 1 is 1.31 bits per heavy atom. The van der Waals surface area contributed by atoms with Gasteiger partial charge in [-0.2, -0.15) is 5.26 Å². The minimum Gasteiger partial charge on any atom is -0.292 e. The summed E-state index contributed by atoms with van der Waals surface area (Å²) in [6.45, 7) is 1.85. The lowest BCUT2D eigenvalue weighted by Crippen LogP contribution is -2.27. The average Bonchev–Trinajstić information content (AvgIpc) is 2.17. The Morgan fingerprint density at radius 2 is 1.81 bits per heavy atom. The molecule has 0 saturated heterocycles. The molecule has 0 fully saturated rings. The van der Waals surface area contributed by atoms with Gasteiger partial charge in [0.1, 0.15) is 0 Å². The summed E-state index contributed by atoms with van der Waals surface area (Å²) in [7, 11) is -3.68. The largest absolute Gasteiger partial charge is 0.292 e. The van der Waals surface area contributed by atoms with E-state index in [2.05, 4.69) is 0 Å². The van der Waals surface area contributed by atoms with Crippen molar-refractivity contribution in [3.8, 4) is 6.07 Å². The standard InChI is InChI=1S/C11H11NO3S/c1-8-3-5-9(6-4-8)11(13)10(7-12)16(2,14)15/h3-6,10H,1-2H3. The molecule has 0 amide bonds. The third kappa shape index (κ3) is 2.67. The number of carbonyl (C=O) groups is 1. The zero-order chi connectivity index (χ0) is 12.3. The van der Waals surface area contributed by atoms with Gasteiger partial charge in [-0.3, -0.25) is 4.79 Å². The van der Waals surface area contributed by atoms with Gasteiger partial charge in [-0.25, -0.2) is 8.42 Å². The SMILES string of the molecule is Cc1ccc(C(=O)C(C#N)S(C)(=O)=O)cc1. The van der Waals surface area contributed by atoms with E-state index in [-0.39, 0.29) is 5.56 Å². The molecule has 0 radical (unpaired) electrons. The van der Waals surface area contributed by atoms with Crippen LogP contribution in [0.1, 0.15) is 15.9 Å². The van der Waals surface area contributed by atoms with E-state index in [4.69, 9.17) is 5.26 Å². The smallest absolute Gasteiger partial charge is 0.210 e. The van der Waals surface area contributed by atoms with Crippen LogP contribution in [0.2, 0.25) is 0 Å². The fourth-order valence-corrected chi connectivity index (χ4v) is 1.93. The number of benzene rings is 1. The molecule has 16 heavy (non-hydrogen) atoms. The maximum absolute atomic E-state index is 11.7. The maximum atomic E-state index is 11.7. The molecular formula is C11H11NO3S. The lowest BCUT2D eigenvalue weighted by atomic mass is 10.1. The van der Waals surface area contributed by atoms with Crippen molar-refractivity contribution in [2.75, 3.05) is 6.26 Å². The minimum atomic E-state index is -3.68. The Bertz CT molecular complexity index is 538. The van der Waals surface area contributed by atoms with Crippen molar-refractivity contribution in [2.45, 2.75) is 12.2 Å². The molecule has 0 N–H and O–H groups in total. The molecule has 0 bridgehead atoms. The van der Waals surface area contributed by atoms with Gasteiger partial charge < -0.3 is 0 Å². The Morgan fingerprint density at radius 3 is 2.19 bits per heavy atom. The second-order valence-corrected chi connectivity index (χ2v) is 5.70. The molecule has 0 saturated carbocycles. The monoisotopic (exact) mass is 237 g/mol. The van der Waals surface area contributed by atoms with E-state index in [9.17, 15) is 13.2 Å². The van der Waals surface area contributed by atoms with Gasteiger partial charge in [0.25, 0.3) is 0 Å². The van der Waals surface area contributed by atoms with Gasteiger partial charge in [-0.1, -0.05) is 29.8 Å². The fraction of sp³-hybridized carbons (Fsp3) is 0.273. The van der Waals surface area contributed by atoms with Gasteiger partial charge >= 0.3 is 0 Å². The summed E-state index contributed by atoms with van der Waals surface area (Å²) in [6.07, 6.45) is 0.882. The molecule has 5 heteroatoms. The van der Waals surface area contributed by atoms with Crippen LogP contribution in [0.4, 0.5) is 0 Å². The van der Waals surface area contributed by atoms with Crippen molar-refractivity contribution >= 4 is 15.6 Å². The first kappa shape index (κ1) is 12.4. The molecule has 0 spiro atoms. The van der Waals surface area contributed by atoms with Crippen LogP contribution in [-0.2, 0) is 9.84 Å². The first-order valence-corrected chi connectivity index (χ1v) is 6.51. The highest BCUT2D eigenvalue weighted by molar-refractivity contribution is 7.92. The van der Waals surface area contributed by atoms with Crippen LogP contribution in [0.5, 0.6) is 0 Å². The summed E-state index contributed by atoms with van der Waals surface area (Å²) in [4.78, 5) is 11.7. The first-order chi connectivity index (χ1) is 7.36. The second-order valence-electron chi connectivity index (χ2n) is 3.57. The molecular weight excluding hydrogens is 226 g/mol. The normalized spacial score (nSPS) is 12.8. The van der Waals surface area contributed by atoms with E-state index < -0.39 is 20.9 Å². The van der Waals surface area contributed by atoms with Gasteiger partial charge in [0, 0.05) is 11.8 Å². The molecule has 1 atom stereocenters. The third-order valence-corrected chi connectivity index (χ3v) is 3.30. The molecule has 0 aliphatic carbocycles. The van der Waals surface area contributed by atoms with E-state index in [1.165, 1.54) is 18.2 Å². The Balaban J connectivity index is 3.12. The van der Waals surface area contributed by atoms with Crippen molar-refractivity contribution in [3.63, 3.8) is 0 Å². The second kappa shape index (κ2) is 4.45. The van der Waals surface area contributed by atoms with Crippen LogP contribution in [0, 0.1) is 18.3 Å². The number of rotatable bonds is 3. The number of Topliss-reactive ketones (excluding diaryl/α,β-unsaturated/α-hetero) is 1. The van der Waals surface area contributed by atoms with Crippen LogP contribution in [0.3, 0.4) is 0 Å². The van der Waals surface area contributed by atoms with Crippen LogP contribution in [0.25, 0.3) is 0 Å². The number of carbonyl (C=O) groups excluding carboxylic acids is 1. The van der Waals surface area contributed by atoms with Gasteiger partial charge in [0.15, 0.2) is 15.6 Å². The number of ketones is 1. The maximum Gasteiger partial charge on any atom is 0.210 e. The fourth-order valence-electron chi connectivity index (χ4n) is 1.22. The molecule has 0 aliphatic heterocycles. The van der Waals surface area contributed by atoms with Gasteiger partial charge in [0.05, 0.1) is 6.07 Å². The molecule has 1 unspecified atom stereocenters. The van der Waals surface area contributed by atoms with Crippen LogP contribution < -0.4 is 0 Å². The number of nitriles is 1. The quantitative estimate of drug-likeness (QED) is 0.738. The number of hydrogen-bond acceptors (Lipinski definition) is 4.